The van der Waals surface area contributed by atoms with Crippen LogP contribution in [-0.4, -0.2) is 5.91 Å². The molecule has 19 heavy (non-hydrogen) atoms. The lowest BCUT2D eigenvalue weighted by Crippen LogP contribution is -2.24. The lowest BCUT2D eigenvalue weighted by molar-refractivity contribution is -0.120. The minimum atomic E-state index is 0.00712. The fourth-order valence-corrected chi connectivity index (χ4v) is 1.95. The van der Waals surface area contributed by atoms with Crippen molar-refractivity contribution < 1.29 is 4.79 Å². The van der Waals surface area contributed by atoms with Gasteiger partial charge in [-0.1, -0.05) is 40.2 Å². The van der Waals surface area contributed by atoms with E-state index in [1.165, 1.54) is 0 Å². The fraction of sp³-hybridized carbons (Fsp3) is 0.133. The summed E-state index contributed by atoms with van der Waals surface area (Å²) in [4.78, 5) is 11.8. The maximum absolute atomic E-state index is 11.8. The van der Waals surface area contributed by atoms with Gasteiger partial charge in [0.2, 0.25) is 5.91 Å². The topological polar surface area (TPSA) is 55.1 Å². The number of carbonyl (C=O) groups excluding carboxylic acids is 1. The first-order valence-electron chi connectivity index (χ1n) is 5.99. The summed E-state index contributed by atoms with van der Waals surface area (Å²) in [5.41, 5.74) is 8.35. The second kappa shape index (κ2) is 6.38. The van der Waals surface area contributed by atoms with Crippen molar-refractivity contribution in [1.29, 1.82) is 0 Å². The summed E-state index contributed by atoms with van der Waals surface area (Å²) in [6.45, 7) is 0.543. The monoisotopic (exact) mass is 318 g/mol. The van der Waals surface area contributed by atoms with Crippen LogP contribution in [0.1, 0.15) is 11.1 Å². The van der Waals surface area contributed by atoms with Gasteiger partial charge in [-0.15, -0.1) is 0 Å². The van der Waals surface area contributed by atoms with Crippen molar-refractivity contribution in [3.05, 3.63) is 64.1 Å². The van der Waals surface area contributed by atoms with E-state index in [9.17, 15) is 4.79 Å². The number of carbonyl (C=O) groups is 1. The van der Waals surface area contributed by atoms with Gasteiger partial charge >= 0.3 is 0 Å². The van der Waals surface area contributed by atoms with Gasteiger partial charge in [-0.25, -0.2) is 0 Å². The Morgan fingerprint density at radius 3 is 2.21 bits per heavy atom. The highest BCUT2D eigenvalue weighted by Crippen LogP contribution is 2.10. The SMILES string of the molecule is Nc1ccc(CC(=O)NCc2ccc(Br)cc2)cc1. The van der Waals surface area contributed by atoms with Crippen LogP contribution in [0.3, 0.4) is 0 Å². The highest BCUT2D eigenvalue weighted by molar-refractivity contribution is 9.10. The van der Waals surface area contributed by atoms with Crippen molar-refractivity contribution in [1.82, 2.24) is 5.32 Å². The lowest BCUT2D eigenvalue weighted by Gasteiger charge is -2.06. The van der Waals surface area contributed by atoms with E-state index < -0.39 is 0 Å². The Kier molecular flexibility index (Phi) is 4.58. The Labute approximate surface area is 121 Å². The molecule has 1 amide bonds. The molecular weight excluding hydrogens is 304 g/mol. The van der Waals surface area contributed by atoms with Gasteiger partial charge in [0.1, 0.15) is 0 Å². The van der Waals surface area contributed by atoms with Gasteiger partial charge < -0.3 is 11.1 Å². The van der Waals surface area contributed by atoms with Gasteiger partial charge in [-0.2, -0.15) is 0 Å². The molecule has 0 atom stereocenters. The van der Waals surface area contributed by atoms with E-state index in [2.05, 4.69) is 21.2 Å². The summed E-state index contributed by atoms with van der Waals surface area (Å²) < 4.78 is 1.03. The number of hydrogen-bond acceptors (Lipinski definition) is 2. The molecule has 98 valence electrons. The molecule has 0 bridgehead atoms. The molecule has 0 fully saturated rings. The van der Waals surface area contributed by atoms with E-state index in [0.29, 0.717) is 18.7 Å². The molecule has 4 heteroatoms. The van der Waals surface area contributed by atoms with Gasteiger partial charge in [0.25, 0.3) is 0 Å². The average Bonchev–Trinajstić information content (AvgIpc) is 2.41. The molecule has 0 radical (unpaired) electrons. The second-order valence-corrected chi connectivity index (χ2v) is 5.24. The molecule has 0 saturated heterocycles. The molecule has 2 aromatic carbocycles. The summed E-state index contributed by atoms with van der Waals surface area (Å²) in [5.74, 6) is 0.00712. The highest BCUT2D eigenvalue weighted by atomic mass is 79.9. The Hall–Kier alpha value is -1.81. The molecule has 0 aromatic heterocycles. The molecule has 3 N–H and O–H groups in total. The van der Waals surface area contributed by atoms with Crippen molar-refractivity contribution in [2.75, 3.05) is 5.73 Å². The molecule has 0 unspecified atom stereocenters. The number of hydrogen-bond donors (Lipinski definition) is 2. The van der Waals surface area contributed by atoms with Gasteiger partial charge in [0.15, 0.2) is 0 Å². The van der Waals surface area contributed by atoms with Crippen LogP contribution in [0.25, 0.3) is 0 Å². The molecule has 0 aliphatic rings. The number of rotatable bonds is 4. The normalized spacial score (nSPS) is 10.2. The maximum Gasteiger partial charge on any atom is 0.224 e. The van der Waals surface area contributed by atoms with Crippen LogP contribution in [0.5, 0.6) is 0 Å². The summed E-state index contributed by atoms with van der Waals surface area (Å²) in [7, 11) is 0. The number of benzene rings is 2. The van der Waals surface area contributed by atoms with Crippen LogP contribution in [0.15, 0.2) is 53.0 Å². The van der Waals surface area contributed by atoms with E-state index in [-0.39, 0.29) is 5.91 Å². The van der Waals surface area contributed by atoms with Crippen molar-refractivity contribution >= 4 is 27.5 Å². The molecular formula is C15H15BrN2O. The minimum Gasteiger partial charge on any atom is -0.399 e. The Bertz CT molecular complexity index is 549. The molecule has 0 spiro atoms. The first-order chi connectivity index (χ1) is 9.13. The zero-order chi connectivity index (χ0) is 13.7. The third kappa shape index (κ3) is 4.41. The summed E-state index contributed by atoms with van der Waals surface area (Å²) in [6.07, 6.45) is 0.372. The average molecular weight is 319 g/mol. The molecule has 2 aromatic rings. The minimum absolute atomic E-state index is 0.00712. The van der Waals surface area contributed by atoms with Crippen molar-refractivity contribution in [3.8, 4) is 0 Å². The summed E-state index contributed by atoms with van der Waals surface area (Å²) >= 11 is 3.38. The van der Waals surface area contributed by atoms with Crippen molar-refractivity contribution in [2.45, 2.75) is 13.0 Å². The summed E-state index contributed by atoms with van der Waals surface area (Å²) in [5, 5.41) is 2.90. The van der Waals surface area contributed by atoms with Gasteiger partial charge in [0.05, 0.1) is 6.42 Å². The Balaban J connectivity index is 1.84. The maximum atomic E-state index is 11.8. The standard InChI is InChI=1S/C15H15BrN2O/c16-13-5-1-12(2-6-13)10-18-15(19)9-11-3-7-14(17)8-4-11/h1-8H,9-10,17H2,(H,18,19). The van der Waals surface area contributed by atoms with E-state index >= 15 is 0 Å². The third-order valence-electron chi connectivity index (χ3n) is 2.75. The molecule has 0 heterocycles. The highest BCUT2D eigenvalue weighted by Gasteiger charge is 2.03. The Morgan fingerprint density at radius 2 is 1.58 bits per heavy atom. The number of amides is 1. The summed E-state index contributed by atoms with van der Waals surface area (Å²) in [6, 6.07) is 15.2. The molecule has 0 aliphatic carbocycles. The molecule has 3 nitrogen and oxygen atoms in total. The predicted octanol–water partition coefficient (Wildman–Crippen LogP) is 2.89. The number of anilines is 1. The van der Waals surface area contributed by atoms with Crippen LogP contribution >= 0.6 is 15.9 Å². The number of halogens is 1. The number of nitrogens with one attached hydrogen (secondary N) is 1. The second-order valence-electron chi connectivity index (χ2n) is 4.32. The van der Waals surface area contributed by atoms with Gasteiger partial charge in [0, 0.05) is 16.7 Å². The van der Waals surface area contributed by atoms with Crippen LogP contribution in [0.2, 0.25) is 0 Å². The van der Waals surface area contributed by atoms with E-state index in [1.54, 1.807) is 12.1 Å². The van der Waals surface area contributed by atoms with Crippen LogP contribution in [-0.2, 0) is 17.8 Å². The van der Waals surface area contributed by atoms with E-state index in [1.807, 2.05) is 36.4 Å². The number of nitrogen functional groups attached to an aromatic ring is 1. The molecule has 0 saturated carbocycles. The zero-order valence-corrected chi connectivity index (χ0v) is 12.0. The van der Waals surface area contributed by atoms with Crippen molar-refractivity contribution in [2.24, 2.45) is 0 Å². The quantitative estimate of drug-likeness (QED) is 0.852. The third-order valence-corrected chi connectivity index (χ3v) is 3.28. The van der Waals surface area contributed by atoms with Crippen LogP contribution in [0.4, 0.5) is 5.69 Å². The lowest BCUT2D eigenvalue weighted by atomic mass is 10.1. The smallest absolute Gasteiger partial charge is 0.224 e. The van der Waals surface area contributed by atoms with E-state index in [0.717, 1.165) is 15.6 Å². The number of nitrogens with two attached hydrogens (primary N) is 1. The zero-order valence-electron chi connectivity index (χ0n) is 10.4. The van der Waals surface area contributed by atoms with Gasteiger partial charge in [-0.05, 0) is 35.4 Å². The van der Waals surface area contributed by atoms with E-state index in [4.69, 9.17) is 5.73 Å². The first-order valence-corrected chi connectivity index (χ1v) is 6.78. The largest absolute Gasteiger partial charge is 0.399 e. The molecule has 0 aliphatic heterocycles. The first kappa shape index (κ1) is 13.6. The molecule has 2 rings (SSSR count). The van der Waals surface area contributed by atoms with Crippen LogP contribution in [0, 0.1) is 0 Å². The Morgan fingerprint density at radius 1 is 1.00 bits per heavy atom. The van der Waals surface area contributed by atoms with Crippen LogP contribution < -0.4 is 11.1 Å². The predicted molar refractivity (Wildman–Crippen MR) is 80.5 cm³/mol. The van der Waals surface area contributed by atoms with Crippen molar-refractivity contribution in [3.63, 3.8) is 0 Å². The fourth-order valence-electron chi connectivity index (χ4n) is 1.69. The van der Waals surface area contributed by atoms with Gasteiger partial charge in [-0.3, -0.25) is 4.79 Å².